The normalized spacial score (nSPS) is 15.9. The molecule has 6 aromatic rings. The van der Waals surface area contributed by atoms with E-state index in [1.807, 2.05) is 0 Å². The van der Waals surface area contributed by atoms with Gasteiger partial charge in [0.1, 0.15) is 51.4 Å². The van der Waals surface area contributed by atoms with Gasteiger partial charge in [-0.2, -0.15) is 8.42 Å². The van der Waals surface area contributed by atoms with Crippen molar-refractivity contribution in [2.45, 2.75) is 12.5 Å². The van der Waals surface area contributed by atoms with Crippen LogP contribution in [0.15, 0.2) is 72.8 Å². The molecular weight excluding hydrogens is 777 g/mol. The van der Waals surface area contributed by atoms with Crippen LogP contribution in [0.2, 0.25) is 10.3 Å². The number of aliphatic hydroxyl groups excluding tert-OH is 1. The van der Waals surface area contributed by atoms with Crippen LogP contribution in [0.3, 0.4) is 0 Å². The number of hydrogen-bond donors (Lipinski definition) is 1. The van der Waals surface area contributed by atoms with Gasteiger partial charge in [-0.25, -0.2) is 27.2 Å². The van der Waals surface area contributed by atoms with E-state index >= 15 is 0 Å². The summed E-state index contributed by atoms with van der Waals surface area (Å²) < 4.78 is 89.6. The predicted molar refractivity (Wildman–Crippen MR) is 188 cm³/mol. The van der Waals surface area contributed by atoms with Crippen molar-refractivity contribution >= 4 is 74.9 Å². The summed E-state index contributed by atoms with van der Waals surface area (Å²) in [6.45, 7) is -0.483. The van der Waals surface area contributed by atoms with Gasteiger partial charge < -0.3 is 23.7 Å². The summed E-state index contributed by atoms with van der Waals surface area (Å²) in [4.78, 5) is 8.53. The van der Waals surface area contributed by atoms with Gasteiger partial charge in [0.25, 0.3) is 10.1 Å². The third-order valence-corrected chi connectivity index (χ3v) is 8.46. The van der Waals surface area contributed by atoms with E-state index < -0.39 is 37.4 Å². The van der Waals surface area contributed by atoms with Crippen molar-refractivity contribution in [3.63, 3.8) is 0 Å². The van der Waals surface area contributed by atoms with Crippen molar-refractivity contribution in [1.82, 2.24) is 19.1 Å². The fraction of sp³-hybridized carbons (Fsp3) is 0.188. The summed E-state index contributed by atoms with van der Waals surface area (Å²) in [7, 11) is -2.35. The molecule has 12 nitrogen and oxygen atoms in total. The lowest BCUT2D eigenvalue weighted by Gasteiger charge is -2.28. The maximum Gasteiger partial charge on any atom is 0.264 e. The Labute approximate surface area is 304 Å². The van der Waals surface area contributed by atoms with Crippen LogP contribution in [0.5, 0.6) is 11.5 Å². The molecule has 2 aromatic carbocycles. The summed E-state index contributed by atoms with van der Waals surface area (Å²) in [5, 5.41) is 11.0. The molecule has 8 rings (SSSR count). The van der Waals surface area contributed by atoms with Crippen LogP contribution >= 0.6 is 33.9 Å². The molecule has 4 aromatic heterocycles. The molecule has 19 heteroatoms. The highest BCUT2D eigenvalue weighted by Gasteiger charge is 2.31. The van der Waals surface area contributed by atoms with E-state index in [9.17, 15) is 30.7 Å². The molecule has 2 atom stereocenters. The molecule has 51 heavy (non-hydrogen) atoms. The maximum atomic E-state index is 14.2. The number of benzene rings is 2. The average molecular weight is 802 g/mol. The predicted octanol–water partition coefficient (Wildman–Crippen LogP) is 6.93. The van der Waals surface area contributed by atoms with E-state index in [0.717, 1.165) is 12.5 Å². The van der Waals surface area contributed by atoms with E-state index in [2.05, 4.69) is 20.7 Å². The maximum absolute atomic E-state index is 14.2. The van der Waals surface area contributed by atoms with E-state index in [-0.39, 0.29) is 24.2 Å². The number of pyridine rings is 2. The molecule has 0 aliphatic carbocycles. The Balaban J connectivity index is 0.000000157. The zero-order valence-electron chi connectivity index (χ0n) is 26.3. The molecule has 0 radical (unpaired) electrons. The van der Waals surface area contributed by atoms with Crippen molar-refractivity contribution < 1.29 is 44.4 Å². The monoisotopic (exact) mass is 800 g/mol. The minimum Gasteiger partial charge on any atom is -0.465 e. The molecule has 0 amide bonds. The van der Waals surface area contributed by atoms with Gasteiger partial charge in [0.05, 0.1) is 41.5 Å². The summed E-state index contributed by atoms with van der Waals surface area (Å²) in [6.07, 6.45) is 0.475. The van der Waals surface area contributed by atoms with Crippen LogP contribution in [0, 0.1) is 11.6 Å². The smallest absolute Gasteiger partial charge is 0.264 e. The lowest BCUT2D eigenvalue weighted by Crippen LogP contribution is -2.27. The van der Waals surface area contributed by atoms with Gasteiger partial charge in [0.2, 0.25) is 15.3 Å². The van der Waals surface area contributed by atoms with Gasteiger partial charge in [0.15, 0.2) is 6.23 Å². The van der Waals surface area contributed by atoms with Gasteiger partial charge in [0, 0.05) is 21.5 Å². The first-order valence-electron chi connectivity index (χ1n) is 14.6. The lowest BCUT2D eigenvalue weighted by atomic mass is 10.2. The zero-order chi connectivity index (χ0) is 36.8. The molecule has 0 bridgehead atoms. The summed E-state index contributed by atoms with van der Waals surface area (Å²) in [5.74, 6) is 0.219. The van der Waals surface area contributed by atoms with Crippen LogP contribution in [0.1, 0.15) is 12.5 Å². The number of nitrogens with zero attached hydrogens (tertiary/aromatic N) is 4. The van der Waals surface area contributed by atoms with Gasteiger partial charge in [-0.1, -0.05) is 35.3 Å². The van der Waals surface area contributed by atoms with Crippen molar-refractivity contribution in [3.8, 4) is 34.3 Å². The third-order valence-electron chi connectivity index (χ3n) is 7.48. The van der Waals surface area contributed by atoms with Crippen LogP contribution in [0.25, 0.3) is 44.6 Å². The SMILES string of the molecule is CS(=O)(=O)Cl.CS(=O)(=O)OCC1Oc2ccc(Cl)nc2-c2cc3c(F)cccc3n21.OCC1Oc2ccc(Cl)nc2-c2cc3c(F)cccc3n21. The number of fused-ring (bicyclic) bond motifs is 10. The summed E-state index contributed by atoms with van der Waals surface area (Å²) in [5.41, 5.74) is 3.45. The second-order valence-electron chi connectivity index (χ2n) is 11.1. The number of halogens is 5. The van der Waals surface area contributed by atoms with Crippen LogP contribution < -0.4 is 9.47 Å². The molecule has 0 saturated carbocycles. The second kappa shape index (κ2) is 14.2. The van der Waals surface area contributed by atoms with Crippen molar-refractivity contribution in [1.29, 1.82) is 0 Å². The number of hydrogen-bond acceptors (Lipinski definition) is 10. The molecule has 2 unspecified atom stereocenters. The average Bonchev–Trinajstić information content (AvgIpc) is 3.65. The molecule has 6 heterocycles. The molecule has 1 N–H and O–H groups in total. The Morgan fingerprint density at radius 1 is 0.765 bits per heavy atom. The number of aliphatic hydroxyl groups is 1. The molecule has 2 aliphatic heterocycles. The molecule has 0 fully saturated rings. The quantitative estimate of drug-likeness (QED) is 0.113. The minimum absolute atomic E-state index is 0.227. The molecule has 268 valence electrons. The summed E-state index contributed by atoms with van der Waals surface area (Å²) >= 11 is 11.9. The van der Waals surface area contributed by atoms with E-state index in [4.69, 9.17) is 36.9 Å². The van der Waals surface area contributed by atoms with Crippen LogP contribution in [0.4, 0.5) is 8.78 Å². The van der Waals surface area contributed by atoms with E-state index in [0.29, 0.717) is 61.2 Å². The first-order chi connectivity index (χ1) is 24.0. The lowest BCUT2D eigenvalue weighted by molar-refractivity contribution is 0.0608. The van der Waals surface area contributed by atoms with Crippen molar-refractivity contribution in [3.05, 3.63) is 94.7 Å². The van der Waals surface area contributed by atoms with E-state index in [1.54, 1.807) is 69.8 Å². The largest absolute Gasteiger partial charge is 0.465 e. The second-order valence-corrected chi connectivity index (χ2v) is 16.6. The van der Waals surface area contributed by atoms with Crippen molar-refractivity contribution in [2.75, 3.05) is 25.7 Å². The first-order valence-corrected chi connectivity index (χ1v) is 19.9. The number of aromatic nitrogens is 4. The molecule has 0 spiro atoms. The highest BCUT2D eigenvalue weighted by molar-refractivity contribution is 8.13. The topological polar surface area (TPSA) is 152 Å². The molecule has 2 aliphatic rings. The molecule has 0 saturated heterocycles. The Kier molecular flexibility index (Phi) is 10.2. The fourth-order valence-electron chi connectivity index (χ4n) is 5.62. The Morgan fingerprint density at radius 2 is 1.20 bits per heavy atom. The highest BCUT2D eigenvalue weighted by atomic mass is 35.7. The molecular formula is C32H25Cl3F2N4O8S2. The Morgan fingerprint density at radius 3 is 1.63 bits per heavy atom. The zero-order valence-corrected chi connectivity index (χ0v) is 30.2. The number of rotatable bonds is 4. The van der Waals surface area contributed by atoms with Crippen LogP contribution in [-0.4, -0.2) is 66.8 Å². The van der Waals surface area contributed by atoms with E-state index in [1.165, 1.54) is 12.1 Å². The van der Waals surface area contributed by atoms with Gasteiger partial charge in [-0.15, -0.1) is 0 Å². The highest BCUT2D eigenvalue weighted by Crippen LogP contribution is 2.43. The summed E-state index contributed by atoms with van der Waals surface area (Å²) in [6, 6.07) is 19.3. The Bertz CT molecular complexity index is 2520. The minimum atomic E-state index is -3.66. The Hall–Kier alpha value is -4.03. The van der Waals surface area contributed by atoms with Gasteiger partial charge in [-0.05, 0) is 60.7 Å². The van der Waals surface area contributed by atoms with Gasteiger partial charge >= 0.3 is 0 Å². The van der Waals surface area contributed by atoms with Crippen molar-refractivity contribution in [2.24, 2.45) is 0 Å². The number of ether oxygens (including phenoxy) is 2. The standard InChI is InChI=1S/C16H12ClFN2O4S.C15H10ClFN2O2.CH3ClO2S/c1-25(21,22)23-8-15-20-11-4-2-3-10(18)9(11)7-12(20)16-13(24-15)5-6-14(17)19-16;16-13-5-4-12-15(18-13)11-6-8-9(17)2-1-3-10(8)19(11)14(7-20)21-12;1-5(2,3)4/h2-7,15H,8H2,1H3;1-6,14,20H,7H2;1H3. The fourth-order valence-corrected chi connectivity index (χ4v) is 6.28. The first kappa shape index (κ1) is 36.8. The van der Waals surface area contributed by atoms with Gasteiger partial charge in [-0.3, -0.25) is 4.18 Å². The third kappa shape index (κ3) is 7.91. The van der Waals surface area contributed by atoms with Crippen LogP contribution in [-0.2, 0) is 23.4 Å².